The minimum atomic E-state index is -3.11. The summed E-state index contributed by atoms with van der Waals surface area (Å²) in [6.45, 7) is 0. The molecule has 5 nitrogen and oxygen atoms in total. The molecular formula is C12H5BrF4N2O3. The summed E-state index contributed by atoms with van der Waals surface area (Å²) in [4.78, 5) is 13.2. The Labute approximate surface area is 128 Å². The van der Waals surface area contributed by atoms with Crippen molar-refractivity contribution in [2.45, 2.75) is 6.43 Å². The van der Waals surface area contributed by atoms with Crippen LogP contribution in [0.25, 0.3) is 0 Å². The summed E-state index contributed by atoms with van der Waals surface area (Å²) >= 11 is 2.74. The molecule has 0 radical (unpaired) electrons. The second-order valence-electron chi connectivity index (χ2n) is 3.95. The van der Waals surface area contributed by atoms with Crippen LogP contribution in [-0.2, 0) is 0 Å². The van der Waals surface area contributed by atoms with Gasteiger partial charge in [-0.1, -0.05) is 0 Å². The van der Waals surface area contributed by atoms with Crippen LogP contribution in [0, 0.1) is 21.7 Å². The lowest BCUT2D eigenvalue weighted by Crippen LogP contribution is -1.99. The van der Waals surface area contributed by atoms with Crippen LogP contribution in [0.3, 0.4) is 0 Å². The molecule has 0 N–H and O–H groups in total. The number of nitro groups is 1. The summed E-state index contributed by atoms with van der Waals surface area (Å²) in [6, 6.07) is 2.24. The topological polar surface area (TPSA) is 65.3 Å². The third-order valence-corrected chi connectivity index (χ3v) is 3.05. The number of nitrogens with zero attached hydrogens (tertiary/aromatic N) is 2. The van der Waals surface area contributed by atoms with E-state index >= 15 is 0 Å². The Morgan fingerprint density at radius 2 is 1.95 bits per heavy atom. The molecule has 0 atom stereocenters. The quantitative estimate of drug-likeness (QED) is 0.435. The van der Waals surface area contributed by atoms with Crippen LogP contribution in [0.5, 0.6) is 11.6 Å². The molecule has 0 unspecified atom stereocenters. The first-order valence-corrected chi connectivity index (χ1v) is 6.33. The molecular weight excluding hydrogens is 376 g/mol. The first-order chi connectivity index (χ1) is 10.3. The van der Waals surface area contributed by atoms with Gasteiger partial charge in [-0.05, 0) is 28.1 Å². The van der Waals surface area contributed by atoms with E-state index in [1.54, 1.807) is 0 Å². The lowest BCUT2D eigenvalue weighted by Gasteiger charge is -2.09. The first kappa shape index (κ1) is 16.1. The highest BCUT2D eigenvalue weighted by atomic mass is 79.9. The lowest BCUT2D eigenvalue weighted by molar-refractivity contribution is -0.386. The van der Waals surface area contributed by atoms with E-state index in [1.165, 1.54) is 0 Å². The van der Waals surface area contributed by atoms with E-state index in [0.717, 1.165) is 6.07 Å². The third-order valence-electron chi connectivity index (χ3n) is 2.48. The molecule has 1 heterocycles. The van der Waals surface area contributed by atoms with E-state index in [2.05, 4.69) is 20.9 Å². The Balaban J connectivity index is 2.46. The number of ether oxygens (including phenoxy) is 1. The lowest BCUT2D eigenvalue weighted by atomic mass is 10.2. The van der Waals surface area contributed by atoms with Crippen LogP contribution in [0.1, 0.15) is 12.0 Å². The molecule has 0 saturated carbocycles. The Morgan fingerprint density at radius 3 is 2.55 bits per heavy atom. The number of hydrogen-bond acceptors (Lipinski definition) is 4. The number of alkyl halides is 2. The zero-order valence-electron chi connectivity index (χ0n) is 10.4. The van der Waals surface area contributed by atoms with Gasteiger partial charge in [0.1, 0.15) is 17.4 Å². The minimum absolute atomic E-state index is 0.314. The van der Waals surface area contributed by atoms with Crippen LogP contribution in [0.15, 0.2) is 28.9 Å². The van der Waals surface area contributed by atoms with Crippen LogP contribution in [-0.4, -0.2) is 9.91 Å². The highest BCUT2D eigenvalue weighted by Crippen LogP contribution is 2.35. The second-order valence-corrected chi connectivity index (χ2v) is 4.80. The maximum atomic E-state index is 13.5. The maximum Gasteiger partial charge on any atom is 0.334 e. The van der Waals surface area contributed by atoms with Gasteiger partial charge in [-0.3, -0.25) is 10.1 Å². The largest absolute Gasteiger partial charge is 0.434 e. The molecule has 22 heavy (non-hydrogen) atoms. The number of benzene rings is 1. The number of hydrogen-bond donors (Lipinski definition) is 0. The standard InChI is InChI=1S/C12H5BrF4N2O3/c13-8-3-6(2-7(10(8)15)11(16)17)22-12-9(19(20)21)1-5(14)4-18-12/h1-4,11H. The van der Waals surface area contributed by atoms with Crippen molar-refractivity contribution in [2.75, 3.05) is 0 Å². The van der Waals surface area contributed by atoms with Crippen molar-refractivity contribution < 1.29 is 27.2 Å². The van der Waals surface area contributed by atoms with Gasteiger partial charge in [0.15, 0.2) is 0 Å². The predicted octanol–water partition coefficient (Wildman–Crippen LogP) is 4.76. The molecule has 0 aliphatic rings. The highest BCUT2D eigenvalue weighted by Gasteiger charge is 2.22. The van der Waals surface area contributed by atoms with Gasteiger partial charge in [-0.25, -0.2) is 22.5 Å². The average Bonchev–Trinajstić information content (AvgIpc) is 2.44. The van der Waals surface area contributed by atoms with Crippen molar-refractivity contribution in [1.82, 2.24) is 4.98 Å². The van der Waals surface area contributed by atoms with Gasteiger partial charge in [-0.15, -0.1) is 0 Å². The number of halogens is 5. The summed E-state index contributed by atoms with van der Waals surface area (Å²) in [5, 5.41) is 10.8. The molecule has 0 spiro atoms. The van der Waals surface area contributed by atoms with Crippen LogP contribution >= 0.6 is 15.9 Å². The molecule has 1 aromatic heterocycles. The van der Waals surface area contributed by atoms with Crippen LogP contribution < -0.4 is 4.74 Å². The number of rotatable bonds is 4. The van der Waals surface area contributed by atoms with Crippen molar-refractivity contribution in [2.24, 2.45) is 0 Å². The Hall–Kier alpha value is -2.23. The van der Waals surface area contributed by atoms with Gasteiger partial charge >= 0.3 is 5.69 Å². The molecule has 0 bridgehead atoms. The predicted molar refractivity (Wildman–Crippen MR) is 70.0 cm³/mol. The average molecular weight is 381 g/mol. The number of aromatic nitrogens is 1. The summed E-state index contributed by atoms with van der Waals surface area (Å²) in [5.41, 5.74) is -1.74. The molecule has 0 saturated heterocycles. The zero-order valence-corrected chi connectivity index (χ0v) is 12.0. The molecule has 0 amide bonds. The zero-order chi connectivity index (χ0) is 16.4. The summed E-state index contributed by atoms with van der Waals surface area (Å²) in [5.74, 6) is -3.06. The van der Waals surface area contributed by atoms with Crippen LogP contribution in [0.4, 0.5) is 23.2 Å². The van der Waals surface area contributed by atoms with Gasteiger partial charge in [0.05, 0.1) is 27.2 Å². The monoisotopic (exact) mass is 380 g/mol. The molecule has 2 aromatic rings. The van der Waals surface area contributed by atoms with Gasteiger partial charge in [0, 0.05) is 0 Å². The van der Waals surface area contributed by atoms with E-state index in [1.807, 2.05) is 0 Å². The highest BCUT2D eigenvalue weighted by molar-refractivity contribution is 9.10. The fraction of sp³-hybridized carbons (Fsp3) is 0.0833. The van der Waals surface area contributed by atoms with E-state index in [4.69, 9.17) is 4.74 Å². The van der Waals surface area contributed by atoms with E-state index in [0.29, 0.717) is 18.3 Å². The van der Waals surface area contributed by atoms with E-state index in [9.17, 15) is 27.7 Å². The fourth-order valence-corrected chi connectivity index (χ4v) is 1.99. The molecule has 0 aliphatic carbocycles. The first-order valence-electron chi connectivity index (χ1n) is 5.54. The minimum Gasteiger partial charge on any atom is -0.434 e. The van der Waals surface area contributed by atoms with Crippen molar-refractivity contribution in [1.29, 1.82) is 0 Å². The maximum absolute atomic E-state index is 13.5. The van der Waals surface area contributed by atoms with E-state index < -0.39 is 40.1 Å². The van der Waals surface area contributed by atoms with Gasteiger partial charge in [0.2, 0.25) is 0 Å². The molecule has 116 valence electrons. The van der Waals surface area contributed by atoms with Crippen molar-refractivity contribution in [3.8, 4) is 11.6 Å². The van der Waals surface area contributed by atoms with Gasteiger partial charge in [-0.2, -0.15) is 0 Å². The molecule has 1 aromatic carbocycles. The van der Waals surface area contributed by atoms with Gasteiger partial charge < -0.3 is 4.74 Å². The van der Waals surface area contributed by atoms with Crippen molar-refractivity contribution in [3.63, 3.8) is 0 Å². The fourth-order valence-electron chi connectivity index (χ4n) is 1.54. The molecule has 10 heteroatoms. The summed E-state index contributed by atoms with van der Waals surface area (Å²) < 4.78 is 56.5. The molecule has 0 fully saturated rings. The summed E-state index contributed by atoms with van der Waals surface area (Å²) in [6.07, 6.45) is -2.45. The molecule has 0 aliphatic heterocycles. The third kappa shape index (κ3) is 3.32. The molecule has 2 rings (SSSR count). The van der Waals surface area contributed by atoms with Gasteiger partial charge in [0.25, 0.3) is 12.3 Å². The second kappa shape index (κ2) is 6.26. The van der Waals surface area contributed by atoms with Crippen molar-refractivity contribution in [3.05, 3.63) is 56.2 Å². The van der Waals surface area contributed by atoms with Crippen LogP contribution in [0.2, 0.25) is 0 Å². The smallest absolute Gasteiger partial charge is 0.334 e. The van der Waals surface area contributed by atoms with Crippen molar-refractivity contribution >= 4 is 21.6 Å². The summed E-state index contributed by atoms with van der Waals surface area (Å²) in [7, 11) is 0. The number of pyridine rings is 1. The Morgan fingerprint density at radius 1 is 1.27 bits per heavy atom. The Kier molecular flexibility index (Phi) is 4.59. The SMILES string of the molecule is O=[N+]([O-])c1cc(F)cnc1Oc1cc(Br)c(F)c(C(F)F)c1. The Bertz CT molecular complexity index is 743. The normalized spacial score (nSPS) is 10.8. The van der Waals surface area contributed by atoms with E-state index in [-0.39, 0.29) is 10.2 Å².